The Morgan fingerprint density at radius 3 is 2.62 bits per heavy atom. The van der Waals surface area contributed by atoms with E-state index in [4.69, 9.17) is 4.74 Å². The van der Waals surface area contributed by atoms with Crippen molar-refractivity contribution in [3.63, 3.8) is 0 Å². The Balaban J connectivity index is 2.33. The van der Waals surface area contributed by atoms with Gasteiger partial charge in [-0.3, -0.25) is 4.79 Å². The van der Waals surface area contributed by atoms with Crippen molar-refractivity contribution in [2.24, 2.45) is 5.92 Å². The van der Waals surface area contributed by atoms with Crippen LogP contribution in [0.25, 0.3) is 0 Å². The maximum absolute atomic E-state index is 11.5. The van der Waals surface area contributed by atoms with Crippen molar-refractivity contribution in [3.05, 3.63) is 40.5 Å². The van der Waals surface area contributed by atoms with Crippen LogP contribution in [0.1, 0.15) is 88.8 Å². The Morgan fingerprint density at radius 1 is 1.29 bits per heavy atom. The van der Waals surface area contributed by atoms with Crippen LogP contribution in [-0.4, -0.2) is 5.97 Å². The van der Waals surface area contributed by atoms with E-state index in [1.165, 1.54) is 48.4 Å². The van der Waals surface area contributed by atoms with Crippen molar-refractivity contribution in [3.8, 4) is 5.75 Å². The number of ether oxygens (including phenoxy) is 1. The molecule has 0 aromatic heterocycles. The molecule has 24 heavy (non-hydrogen) atoms. The number of carbonyl (C=O) groups excluding carboxylic acids is 1. The van der Waals surface area contributed by atoms with Gasteiger partial charge in [0.2, 0.25) is 0 Å². The smallest absolute Gasteiger partial charge is 0.308 e. The first-order chi connectivity index (χ1) is 11.3. The zero-order valence-electron chi connectivity index (χ0n) is 16.1. The maximum Gasteiger partial charge on any atom is 0.308 e. The van der Waals surface area contributed by atoms with Gasteiger partial charge in [0, 0.05) is 12.5 Å². The molecule has 0 amide bonds. The number of carbonyl (C=O) groups is 1. The highest BCUT2D eigenvalue weighted by Gasteiger charge is 2.31. The number of esters is 1. The van der Waals surface area contributed by atoms with Crippen LogP contribution in [0.4, 0.5) is 0 Å². The van der Waals surface area contributed by atoms with Gasteiger partial charge in [-0.2, -0.15) is 0 Å². The summed E-state index contributed by atoms with van der Waals surface area (Å²) in [6, 6.07) is 4.34. The summed E-state index contributed by atoms with van der Waals surface area (Å²) in [5.41, 5.74) is 5.25. The molecule has 0 aliphatic heterocycles. The van der Waals surface area contributed by atoms with Crippen molar-refractivity contribution >= 4 is 5.97 Å². The molecule has 1 aromatic rings. The van der Waals surface area contributed by atoms with Crippen LogP contribution in [0.2, 0.25) is 0 Å². The predicted molar refractivity (Wildman–Crippen MR) is 101 cm³/mol. The van der Waals surface area contributed by atoms with Crippen LogP contribution in [0, 0.1) is 12.8 Å². The minimum atomic E-state index is -0.228. The normalized spacial score (nSPS) is 20.9. The Labute approximate surface area is 147 Å². The Bertz CT molecular complexity index is 623. The second-order valence-electron chi connectivity index (χ2n) is 7.78. The molecule has 1 aliphatic rings. The highest BCUT2D eigenvalue weighted by Crippen LogP contribution is 2.47. The second kappa shape index (κ2) is 8.00. The summed E-state index contributed by atoms with van der Waals surface area (Å²) in [7, 11) is 0. The van der Waals surface area contributed by atoms with Crippen molar-refractivity contribution in [2.45, 2.75) is 79.1 Å². The topological polar surface area (TPSA) is 26.3 Å². The standard InChI is InChI=1S/C22H32O2/c1-14(2)8-7-9-16(4)19-11-10-17(5)22-20(19)12-15(3)13-21(22)24-18(6)23/h8,12-13,16-17,19H,7,9-11H2,1-6H3/t16-,17+,19?/m0/s1. The van der Waals surface area contributed by atoms with E-state index < -0.39 is 0 Å². The van der Waals surface area contributed by atoms with E-state index in [0.717, 1.165) is 12.2 Å². The summed E-state index contributed by atoms with van der Waals surface area (Å²) in [6.07, 6.45) is 7.09. The first-order valence-electron chi connectivity index (χ1n) is 9.25. The Kier molecular flexibility index (Phi) is 6.26. The van der Waals surface area contributed by atoms with Crippen LogP contribution in [0.3, 0.4) is 0 Å². The van der Waals surface area contributed by atoms with Gasteiger partial charge in [-0.15, -0.1) is 0 Å². The van der Waals surface area contributed by atoms with Crippen molar-refractivity contribution < 1.29 is 9.53 Å². The molecule has 3 atom stereocenters. The number of aryl methyl sites for hydroxylation is 1. The molecular weight excluding hydrogens is 296 g/mol. The molecule has 0 spiro atoms. The van der Waals surface area contributed by atoms with E-state index >= 15 is 0 Å². The molecule has 0 N–H and O–H groups in total. The number of fused-ring (bicyclic) bond motifs is 1. The first-order valence-corrected chi connectivity index (χ1v) is 9.25. The van der Waals surface area contributed by atoms with Gasteiger partial charge >= 0.3 is 5.97 Å². The lowest BCUT2D eigenvalue weighted by molar-refractivity contribution is -0.131. The molecule has 0 heterocycles. The number of allylic oxidation sites excluding steroid dienone is 2. The van der Waals surface area contributed by atoms with E-state index in [1.54, 1.807) is 0 Å². The molecule has 1 unspecified atom stereocenters. The van der Waals surface area contributed by atoms with Gasteiger partial charge in [-0.25, -0.2) is 0 Å². The van der Waals surface area contributed by atoms with E-state index in [1.807, 2.05) is 6.07 Å². The third-order valence-electron chi connectivity index (χ3n) is 5.24. The van der Waals surface area contributed by atoms with Gasteiger partial charge in [-0.1, -0.05) is 31.6 Å². The second-order valence-corrected chi connectivity index (χ2v) is 7.78. The van der Waals surface area contributed by atoms with Crippen LogP contribution in [0.15, 0.2) is 23.8 Å². The molecule has 0 saturated carbocycles. The van der Waals surface area contributed by atoms with Crippen LogP contribution in [-0.2, 0) is 4.79 Å². The molecule has 2 rings (SSSR count). The van der Waals surface area contributed by atoms with Gasteiger partial charge in [0.25, 0.3) is 0 Å². The molecule has 1 aliphatic carbocycles. The zero-order chi connectivity index (χ0) is 17.9. The first kappa shape index (κ1) is 18.8. The molecule has 0 radical (unpaired) electrons. The lowest BCUT2D eigenvalue weighted by atomic mass is 9.71. The summed E-state index contributed by atoms with van der Waals surface area (Å²) in [6.45, 7) is 12.5. The van der Waals surface area contributed by atoms with Gasteiger partial charge in [0.15, 0.2) is 0 Å². The van der Waals surface area contributed by atoms with Crippen molar-refractivity contribution in [1.82, 2.24) is 0 Å². The maximum atomic E-state index is 11.5. The van der Waals surface area contributed by atoms with E-state index in [2.05, 4.69) is 46.8 Å². The summed E-state index contributed by atoms with van der Waals surface area (Å²) in [4.78, 5) is 11.5. The number of hydrogen-bond acceptors (Lipinski definition) is 2. The largest absolute Gasteiger partial charge is 0.426 e. The third kappa shape index (κ3) is 4.49. The van der Waals surface area contributed by atoms with Crippen molar-refractivity contribution in [2.75, 3.05) is 0 Å². The molecule has 1 aromatic carbocycles. The van der Waals surface area contributed by atoms with Gasteiger partial charge < -0.3 is 4.74 Å². The van der Waals surface area contributed by atoms with Crippen LogP contribution < -0.4 is 4.74 Å². The molecule has 0 bridgehead atoms. The van der Waals surface area contributed by atoms with Gasteiger partial charge in [0.05, 0.1) is 0 Å². The number of benzene rings is 1. The Hall–Kier alpha value is -1.57. The number of hydrogen-bond donors (Lipinski definition) is 0. The summed E-state index contributed by atoms with van der Waals surface area (Å²) < 4.78 is 5.56. The monoisotopic (exact) mass is 328 g/mol. The lowest BCUT2D eigenvalue weighted by Crippen LogP contribution is -2.20. The summed E-state index contributed by atoms with van der Waals surface area (Å²) in [5, 5.41) is 0. The highest BCUT2D eigenvalue weighted by atomic mass is 16.5. The third-order valence-corrected chi connectivity index (χ3v) is 5.24. The fourth-order valence-corrected chi connectivity index (χ4v) is 4.02. The lowest BCUT2D eigenvalue weighted by Gasteiger charge is -2.35. The summed E-state index contributed by atoms with van der Waals surface area (Å²) >= 11 is 0. The Morgan fingerprint density at radius 2 is 2.00 bits per heavy atom. The molecule has 2 nitrogen and oxygen atoms in total. The fourth-order valence-electron chi connectivity index (χ4n) is 4.02. The van der Waals surface area contributed by atoms with Crippen LogP contribution >= 0.6 is 0 Å². The molecule has 0 saturated heterocycles. The van der Waals surface area contributed by atoms with E-state index in [-0.39, 0.29) is 5.97 Å². The summed E-state index contributed by atoms with van der Waals surface area (Å²) in [5.74, 6) is 2.21. The quantitative estimate of drug-likeness (QED) is 0.361. The molecule has 0 fully saturated rings. The fraction of sp³-hybridized carbons (Fsp3) is 0.591. The average molecular weight is 328 g/mol. The van der Waals surface area contributed by atoms with Gasteiger partial charge in [0.1, 0.15) is 5.75 Å². The molecular formula is C22H32O2. The molecule has 2 heteroatoms. The minimum Gasteiger partial charge on any atom is -0.426 e. The van der Waals surface area contributed by atoms with E-state index in [9.17, 15) is 4.79 Å². The average Bonchev–Trinajstić information content (AvgIpc) is 2.45. The van der Waals surface area contributed by atoms with Crippen molar-refractivity contribution in [1.29, 1.82) is 0 Å². The highest BCUT2D eigenvalue weighted by molar-refractivity contribution is 5.70. The SMILES string of the molecule is CC(=O)Oc1cc(C)cc2c1[C@H](C)CCC2[C@@H](C)CCC=C(C)C. The van der Waals surface area contributed by atoms with Gasteiger partial charge in [-0.05, 0) is 81.4 Å². The van der Waals surface area contributed by atoms with Crippen LogP contribution in [0.5, 0.6) is 5.75 Å². The predicted octanol–water partition coefficient (Wildman–Crippen LogP) is 6.28. The minimum absolute atomic E-state index is 0.228. The zero-order valence-corrected chi connectivity index (χ0v) is 16.1. The van der Waals surface area contributed by atoms with E-state index in [0.29, 0.717) is 17.8 Å². The molecule has 132 valence electrons. The number of rotatable bonds is 5.